The highest BCUT2D eigenvalue weighted by Gasteiger charge is 2.13. The largest absolute Gasteiger partial charge is 0.454 e. The fraction of sp³-hybridized carbons (Fsp3) is 0.368. The van der Waals surface area contributed by atoms with E-state index < -0.39 is 6.10 Å². The lowest BCUT2D eigenvalue weighted by atomic mass is 10.1. The zero-order valence-corrected chi connectivity index (χ0v) is 17.6. The van der Waals surface area contributed by atoms with Crippen molar-refractivity contribution in [2.45, 2.75) is 19.4 Å². The molecule has 0 fully saturated rings. The maximum absolute atomic E-state index is 10.2. The SMILES string of the molecule is CCNC(=NCC(O)c1ccncc1)NCCc1ccc2c(c1)OCO2.I. The molecule has 146 valence electrons. The Morgan fingerprint density at radius 2 is 1.96 bits per heavy atom. The van der Waals surface area contributed by atoms with Gasteiger partial charge < -0.3 is 25.2 Å². The molecule has 0 saturated carbocycles. The lowest BCUT2D eigenvalue weighted by Crippen LogP contribution is -2.38. The summed E-state index contributed by atoms with van der Waals surface area (Å²) in [6.45, 7) is 4.05. The quantitative estimate of drug-likeness (QED) is 0.318. The van der Waals surface area contributed by atoms with Crippen molar-refractivity contribution in [1.29, 1.82) is 0 Å². The van der Waals surface area contributed by atoms with Crippen LogP contribution in [0.3, 0.4) is 0 Å². The fourth-order valence-corrected chi connectivity index (χ4v) is 2.63. The highest BCUT2D eigenvalue weighted by atomic mass is 127. The Labute approximate surface area is 176 Å². The van der Waals surface area contributed by atoms with Crippen molar-refractivity contribution in [2.75, 3.05) is 26.4 Å². The van der Waals surface area contributed by atoms with Crippen molar-refractivity contribution in [3.05, 3.63) is 53.9 Å². The van der Waals surface area contributed by atoms with E-state index in [4.69, 9.17) is 9.47 Å². The van der Waals surface area contributed by atoms with Gasteiger partial charge >= 0.3 is 0 Å². The van der Waals surface area contributed by atoms with E-state index in [2.05, 4.69) is 20.6 Å². The third-order valence-corrected chi connectivity index (χ3v) is 4.00. The Kier molecular flexibility index (Phi) is 8.59. The molecular weight excluding hydrogens is 459 g/mol. The molecule has 8 heteroatoms. The number of guanidine groups is 1. The molecule has 1 atom stereocenters. The molecule has 3 N–H and O–H groups in total. The number of hydrogen-bond donors (Lipinski definition) is 3. The molecule has 27 heavy (non-hydrogen) atoms. The second-order valence-corrected chi connectivity index (χ2v) is 5.88. The number of aliphatic hydroxyl groups is 1. The van der Waals surface area contributed by atoms with Crippen molar-refractivity contribution >= 4 is 29.9 Å². The first-order valence-corrected chi connectivity index (χ1v) is 8.75. The van der Waals surface area contributed by atoms with Gasteiger partial charge in [0, 0.05) is 25.5 Å². The summed E-state index contributed by atoms with van der Waals surface area (Å²) in [6.07, 6.45) is 3.50. The molecule has 0 spiro atoms. The van der Waals surface area contributed by atoms with Crippen LogP contribution in [0, 0.1) is 0 Å². The predicted octanol–water partition coefficient (Wildman–Crippen LogP) is 2.26. The van der Waals surface area contributed by atoms with E-state index in [1.807, 2.05) is 25.1 Å². The zero-order valence-electron chi connectivity index (χ0n) is 15.2. The third-order valence-electron chi connectivity index (χ3n) is 4.00. The maximum Gasteiger partial charge on any atom is 0.231 e. The molecule has 1 aromatic heterocycles. The van der Waals surface area contributed by atoms with Crippen molar-refractivity contribution in [1.82, 2.24) is 15.6 Å². The molecule has 0 bridgehead atoms. The minimum absolute atomic E-state index is 0. The molecule has 2 aromatic rings. The van der Waals surface area contributed by atoms with Gasteiger partial charge in [-0.3, -0.25) is 9.98 Å². The Bertz CT molecular complexity index is 743. The van der Waals surface area contributed by atoms with E-state index >= 15 is 0 Å². The van der Waals surface area contributed by atoms with Crippen molar-refractivity contribution in [3.8, 4) is 11.5 Å². The van der Waals surface area contributed by atoms with Gasteiger partial charge in [-0.25, -0.2) is 0 Å². The molecule has 3 rings (SSSR count). The highest BCUT2D eigenvalue weighted by Crippen LogP contribution is 2.32. The van der Waals surface area contributed by atoms with E-state index in [1.165, 1.54) is 0 Å². The number of nitrogens with one attached hydrogen (secondary N) is 2. The smallest absolute Gasteiger partial charge is 0.231 e. The monoisotopic (exact) mass is 484 g/mol. The topological polar surface area (TPSA) is 88.0 Å². The molecule has 0 saturated heterocycles. The van der Waals surface area contributed by atoms with Crippen LogP contribution in [0.2, 0.25) is 0 Å². The first kappa shape index (κ1) is 21.2. The molecule has 1 aromatic carbocycles. The molecule has 2 heterocycles. The predicted molar refractivity (Wildman–Crippen MR) is 115 cm³/mol. The summed E-state index contributed by atoms with van der Waals surface area (Å²) in [7, 11) is 0. The molecule has 0 aliphatic carbocycles. The third kappa shape index (κ3) is 6.24. The summed E-state index contributed by atoms with van der Waals surface area (Å²) in [5.74, 6) is 2.27. The lowest BCUT2D eigenvalue weighted by Gasteiger charge is -2.13. The highest BCUT2D eigenvalue weighted by molar-refractivity contribution is 14.0. The first-order chi connectivity index (χ1) is 12.8. The number of pyridine rings is 1. The molecule has 0 amide bonds. The van der Waals surface area contributed by atoms with Gasteiger partial charge in [0.05, 0.1) is 12.6 Å². The van der Waals surface area contributed by atoms with Gasteiger partial charge in [-0.05, 0) is 48.7 Å². The van der Waals surface area contributed by atoms with E-state index in [1.54, 1.807) is 24.5 Å². The number of hydrogen-bond acceptors (Lipinski definition) is 5. The molecular formula is C19H25IN4O3. The molecule has 1 aliphatic heterocycles. The second kappa shape index (κ2) is 10.9. The van der Waals surface area contributed by atoms with Crippen molar-refractivity contribution in [3.63, 3.8) is 0 Å². The summed E-state index contributed by atoms with van der Waals surface area (Å²) in [6, 6.07) is 9.55. The van der Waals surface area contributed by atoms with Gasteiger partial charge in [0.15, 0.2) is 17.5 Å². The van der Waals surface area contributed by atoms with Crippen LogP contribution >= 0.6 is 24.0 Å². The van der Waals surface area contributed by atoms with E-state index in [-0.39, 0.29) is 37.3 Å². The van der Waals surface area contributed by atoms with Gasteiger partial charge in [0.2, 0.25) is 6.79 Å². The zero-order chi connectivity index (χ0) is 18.2. The number of rotatable bonds is 7. The Morgan fingerprint density at radius 1 is 1.19 bits per heavy atom. The summed E-state index contributed by atoms with van der Waals surface area (Å²) in [5.41, 5.74) is 1.97. The Hall–Kier alpha value is -2.07. The summed E-state index contributed by atoms with van der Waals surface area (Å²) in [5, 5.41) is 16.7. The van der Waals surface area contributed by atoms with Crippen LogP contribution < -0.4 is 20.1 Å². The number of ether oxygens (including phenoxy) is 2. The molecule has 1 unspecified atom stereocenters. The lowest BCUT2D eigenvalue weighted by molar-refractivity contribution is 0.174. The summed E-state index contributed by atoms with van der Waals surface area (Å²) in [4.78, 5) is 8.41. The first-order valence-electron chi connectivity index (χ1n) is 8.75. The number of fused-ring (bicyclic) bond motifs is 1. The van der Waals surface area contributed by atoms with Gasteiger partial charge in [-0.2, -0.15) is 0 Å². The van der Waals surface area contributed by atoms with Crippen LogP contribution in [0.1, 0.15) is 24.2 Å². The molecule has 0 radical (unpaired) electrons. The number of benzene rings is 1. The van der Waals surface area contributed by atoms with Crippen LogP contribution in [-0.4, -0.2) is 42.5 Å². The van der Waals surface area contributed by atoms with E-state index in [0.29, 0.717) is 5.96 Å². The van der Waals surface area contributed by atoms with Crippen LogP contribution in [0.25, 0.3) is 0 Å². The number of halogens is 1. The molecule has 1 aliphatic rings. The molecule has 7 nitrogen and oxygen atoms in total. The summed E-state index contributed by atoms with van der Waals surface area (Å²) >= 11 is 0. The van der Waals surface area contributed by atoms with Gasteiger partial charge in [0.1, 0.15) is 0 Å². The maximum atomic E-state index is 10.2. The summed E-state index contributed by atoms with van der Waals surface area (Å²) < 4.78 is 10.7. The Balaban J connectivity index is 0.00000261. The van der Waals surface area contributed by atoms with Crippen LogP contribution in [0.5, 0.6) is 11.5 Å². The van der Waals surface area contributed by atoms with Gasteiger partial charge in [0.25, 0.3) is 0 Å². The fourth-order valence-electron chi connectivity index (χ4n) is 2.63. The number of aliphatic hydroxyl groups excluding tert-OH is 1. The van der Waals surface area contributed by atoms with E-state index in [0.717, 1.165) is 42.1 Å². The standard InChI is InChI=1S/C19H24N4O3.HI/c1-2-21-19(23-12-16(24)15-6-8-20-9-7-15)22-10-5-14-3-4-17-18(11-14)26-13-25-17;/h3-4,6-9,11,16,24H,2,5,10,12-13H2,1H3,(H2,21,22,23);1H. The normalized spacial score (nSPS) is 13.6. The average Bonchev–Trinajstić information content (AvgIpc) is 3.14. The van der Waals surface area contributed by atoms with Crippen molar-refractivity contribution in [2.24, 2.45) is 4.99 Å². The van der Waals surface area contributed by atoms with Crippen LogP contribution in [0.4, 0.5) is 0 Å². The number of nitrogens with zero attached hydrogens (tertiary/aromatic N) is 2. The number of aliphatic imine (C=N–C) groups is 1. The van der Waals surface area contributed by atoms with Gasteiger partial charge in [-0.1, -0.05) is 6.07 Å². The minimum atomic E-state index is -0.651. The Morgan fingerprint density at radius 3 is 2.74 bits per heavy atom. The van der Waals surface area contributed by atoms with E-state index in [9.17, 15) is 5.11 Å². The number of aromatic nitrogens is 1. The second-order valence-electron chi connectivity index (χ2n) is 5.88. The van der Waals surface area contributed by atoms with Crippen molar-refractivity contribution < 1.29 is 14.6 Å². The minimum Gasteiger partial charge on any atom is -0.454 e. The van der Waals surface area contributed by atoms with Crippen LogP contribution in [0.15, 0.2) is 47.7 Å². The van der Waals surface area contributed by atoms with Crippen LogP contribution in [-0.2, 0) is 6.42 Å². The average molecular weight is 484 g/mol. The van der Waals surface area contributed by atoms with Gasteiger partial charge in [-0.15, -0.1) is 24.0 Å².